The first-order valence-electron chi connectivity index (χ1n) is 6.89. The minimum atomic E-state index is -0.597. The molecule has 0 unspecified atom stereocenters. The number of rotatable bonds is 5. The Bertz CT molecular complexity index is 805. The highest BCUT2D eigenvalue weighted by atomic mass is 32.2. The number of aliphatic hydroxyl groups excluding tert-OH is 1. The van der Waals surface area contributed by atoms with Crippen LogP contribution < -0.4 is 0 Å². The fraction of sp³-hybridized carbons (Fsp3) is 0.125. The smallest absolute Gasteiger partial charge is 0.213 e. The molecule has 0 aliphatic carbocycles. The quantitative estimate of drug-likeness (QED) is 0.554. The molecule has 0 fully saturated rings. The molecule has 3 aromatic rings. The maximum absolute atomic E-state index is 13.4. The number of H-pyrrole nitrogens is 1. The summed E-state index contributed by atoms with van der Waals surface area (Å²) in [6, 6.07) is 8.92. The van der Waals surface area contributed by atoms with Crippen molar-refractivity contribution in [3.05, 3.63) is 54.4 Å². The second-order valence-electron chi connectivity index (χ2n) is 4.71. The summed E-state index contributed by atoms with van der Waals surface area (Å²) in [5.41, 5.74) is 2.53. The van der Waals surface area contributed by atoms with Crippen LogP contribution in [0.2, 0.25) is 0 Å². The van der Waals surface area contributed by atoms with Gasteiger partial charge in [0.05, 0.1) is 18.0 Å². The molecule has 0 aliphatic heterocycles. The van der Waals surface area contributed by atoms with E-state index in [0.717, 1.165) is 5.56 Å². The topological polar surface area (TPSA) is 61.8 Å². The van der Waals surface area contributed by atoms with E-state index in [1.807, 2.05) is 0 Å². The highest BCUT2D eigenvalue weighted by Crippen LogP contribution is 2.32. The van der Waals surface area contributed by atoms with Crippen LogP contribution >= 0.6 is 11.8 Å². The molecular weight excluding hydrogens is 320 g/mol. The number of halogens is 2. The van der Waals surface area contributed by atoms with E-state index in [-0.39, 0.29) is 12.4 Å². The van der Waals surface area contributed by atoms with Crippen molar-refractivity contribution in [2.24, 2.45) is 0 Å². The predicted octanol–water partition coefficient (Wildman–Crippen LogP) is 3.50. The first-order chi connectivity index (χ1) is 11.2. The Morgan fingerprint density at radius 2 is 1.87 bits per heavy atom. The zero-order valence-electron chi connectivity index (χ0n) is 12.0. The van der Waals surface area contributed by atoms with Crippen LogP contribution in [0.15, 0.2) is 47.8 Å². The van der Waals surface area contributed by atoms with Gasteiger partial charge in [-0.1, -0.05) is 11.8 Å². The molecule has 1 aromatic carbocycles. The van der Waals surface area contributed by atoms with Gasteiger partial charge in [-0.3, -0.25) is 0 Å². The third kappa shape index (κ3) is 3.57. The van der Waals surface area contributed by atoms with E-state index in [9.17, 15) is 8.78 Å². The number of benzene rings is 1. The normalized spacial score (nSPS) is 10.9. The third-order valence-corrected chi connectivity index (χ3v) is 4.00. The lowest BCUT2D eigenvalue weighted by Gasteiger charge is -2.03. The maximum Gasteiger partial charge on any atom is 0.213 e. The van der Waals surface area contributed by atoms with Gasteiger partial charge in [0, 0.05) is 29.1 Å². The van der Waals surface area contributed by atoms with E-state index in [4.69, 9.17) is 5.11 Å². The number of aromatic amines is 1. The predicted molar refractivity (Wildman–Crippen MR) is 85.0 cm³/mol. The van der Waals surface area contributed by atoms with E-state index in [0.29, 0.717) is 27.9 Å². The van der Waals surface area contributed by atoms with Crippen molar-refractivity contribution in [3.8, 4) is 22.5 Å². The standard InChI is InChI=1S/C16H13F2N3OS/c17-12-3-1-10(2-4-12)14-15(11-5-6-19-13(18)9-11)21-16(20-14)23-8-7-22/h1-6,9,22H,7-8H2,(H,20,21). The fourth-order valence-corrected chi connectivity index (χ4v) is 2.76. The lowest BCUT2D eigenvalue weighted by molar-refractivity contribution is 0.322. The minimum absolute atomic E-state index is 0.0243. The Morgan fingerprint density at radius 3 is 2.57 bits per heavy atom. The van der Waals surface area contributed by atoms with Crippen LogP contribution in [0.5, 0.6) is 0 Å². The molecule has 2 aromatic heterocycles. The summed E-state index contributed by atoms with van der Waals surface area (Å²) >= 11 is 1.35. The van der Waals surface area contributed by atoms with Crippen molar-refractivity contribution in [3.63, 3.8) is 0 Å². The van der Waals surface area contributed by atoms with Crippen LogP contribution in [-0.4, -0.2) is 32.4 Å². The van der Waals surface area contributed by atoms with Gasteiger partial charge in [0.2, 0.25) is 5.95 Å². The number of aromatic nitrogens is 3. The van der Waals surface area contributed by atoms with Crippen LogP contribution in [0, 0.1) is 11.8 Å². The third-order valence-electron chi connectivity index (χ3n) is 3.15. The van der Waals surface area contributed by atoms with Crippen LogP contribution in [-0.2, 0) is 0 Å². The van der Waals surface area contributed by atoms with Crippen LogP contribution in [0.4, 0.5) is 8.78 Å². The van der Waals surface area contributed by atoms with Crippen molar-refractivity contribution >= 4 is 11.8 Å². The van der Waals surface area contributed by atoms with Gasteiger partial charge in [-0.05, 0) is 30.3 Å². The number of hydrogen-bond acceptors (Lipinski definition) is 4. The molecular formula is C16H13F2N3OS. The molecule has 2 N–H and O–H groups in total. The summed E-state index contributed by atoms with van der Waals surface area (Å²) in [6.07, 6.45) is 1.37. The highest BCUT2D eigenvalue weighted by molar-refractivity contribution is 7.99. The highest BCUT2D eigenvalue weighted by Gasteiger charge is 2.15. The summed E-state index contributed by atoms with van der Waals surface area (Å²) in [5.74, 6) is -0.444. The van der Waals surface area contributed by atoms with Crippen LogP contribution in [0.1, 0.15) is 0 Å². The van der Waals surface area contributed by atoms with Gasteiger partial charge < -0.3 is 10.1 Å². The second-order valence-corrected chi connectivity index (χ2v) is 5.80. The Labute approximate surface area is 135 Å². The number of nitrogens with one attached hydrogen (secondary N) is 1. The van der Waals surface area contributed by atoms with Gasteiger partial charge in [-0.25, -0.2) is 14.4 Å². The zero-order valence-corrected chi connectivity index (χ0v) is 12.8. The Hall–Kier alpha value is -2.25. The molecule has 0 amide bonds. The molecule has 4 nitrogen and oxygen atoms in total. The molecule has 7 heteroatoms. The van der Waals surface area contributed by atoms with Crippen LogP contribution in [0.3, 0.4) is 0 Å². The Morgan fingerprint density at radius 1 is 1.09 bits per heavy atom. The second kappa shape index (κ2) is 6.89. The molecule has 0 bridgehead atoms. The van der Waals surface area contributed by atoms with Crippen molar-refractivity contribution in [1.29, 1.82) is 0 Å². The maximum atomic E-state index is 13.4. The van der Waals surface area contributed by atoms with Gasteiger partial charge in [-0.2, -0.15) is 4.39 Å². The van der Waals surface area contributed by atoms with Crippen LogP contribution in [0.25, 0.3) is 22.5 Å². The number of aliphatic hydroxyl groups is 1. The summed E-state index contributed by atoms with van der Waals surface area (Å²) < 4.78 is 26.5. The van der Waals surface area contributed by atoms with E-state index < -0.39 is 5.95 Å². The molecule has 2 heterocycles. The molecule has 0 spiro atoms. The average Bonchev–Trinajstić information content (AvgIpc) is 2.98. The molecule has 0 atom stereocenters. The Balaban J connectivity index is 2.08. The van der Waals surface area contributed by atoms with Gasteiger partial charge >= 0.3 is 0 Å². The van der Waals surface area contributed by atoms with Gasteiger partial charge in [-0.15, -0.1) is 0 Å². The molecule has 118 valence electrons. The summed E-state index contributed by atoms with van der Waals surface area (Å²) in [7, 11) is 0. The first-order valence-corrected chi connectivity index (χ1v) is 7.87. The molecule has 0 radical (unpaired) electrons. The average molecular weight is 333 g/mol. The van der Waals surface area contributed by atoms with E-state index >= 15 is 0 Å². The largest absolute Gasteiger partial charge is 0.396 e. The fourth-order valence-electron chi connectivity index (χ4n) is 2.15. The molecule has 23 heavy (non-hydrogen) atoms. The van der Waals surface area contributed by atoms with Gasteiger partial charge in [0.1, 0.15) is 5.82 Å². The number of pyridine rings is 1. The number of nitrogens with zero attached hydrogens (tertiary/aromatic N) is 2. The molecule has 3 rings (SSSR count). The number of hydrogen-bond donors (Lipinski definition) is 2. The van der Waals surface area contributed by atoms with Crippen molar-refractivity contribution in [1.82, 2.24) is 15.0 Å². The zero-order chi connectivity index (χ0) is 16.2. The molecule has 0 saturated heterocycles. The monoisotopic (exact) mass is 333 g/mol. The van der Waals surface area contributed by atoms with Crippen molar-refractivity contribution < 1.29 is 13.9 Å². The SMILES string of the molecule is OCCSc1nc(-c2ccnc(F)c2)c(-c2ccc(F)cc2)[nH]1. The van der Waals surface area contributed by atoms with Gasteiger partial charge in [0.15, 0.2) is 5.16 Å². The summed E-state index contributed by atoms with van der Waals surface area (Å²) in [6.45, 7) is 0.0243. The molecule has 0 saturated carbocycles. The lowest BCUT2D eigenvalue weighted by Crippen LogP contribution is -1.87. The minimum Gasteiger partial charge on any atom is -0.396 e. The summed E-state index contributed by atoms with van der Waals surface area (Å²) in [4.78, 5) is 11.2. The number of thioether (sulfide) groups is 1. The van der Waals surface area contributed by atoms with E-state index in [1.165, 1.54) is 36.2 Å². The first kappa shape index (κ1) is 15.6. The van der Waals surface area contributed by atoms with Crippen molar-refractivity contribution in [2.45, 2.75) is 5.16 Å². The Kier molecular flexibility index (Phi) is 4.68. The number of imidazole rings is 1. The molecule has 0 aliphatic rings. The van der Waals surface area contributed by atoms with E-state index in [2.05, 4.69) is 15.0 Å². The summed E-state index contributed by atoms with van der Waals surface area (Å²) in [5, 5.41) is 9.55. The lowest BCUT2D eigenvalue weighted by atomic mass is 10.1. The van der Waals surface area contributed by atoms with E-state index in [1.54, 1.807) is 18.2 Å². The van der Waals surface area contributed by atoms with Crippen molar-refractivity contribution in [2.75, 3.05) is 12.4 Å². The van der Waals surface area contributed by atoms with Gasteiger partial charge in [0.25, 0.3) is 0 Å².